The smallest absolute Gasteiger partial charge is 0.310 e. The van der Waals surface area contributed by atoms with E-state index in [1.54, 1.807) is 20.8 Å². The SMILES string of the molecule is CC#CCCNC(C)(C)C(C)(C)C(=O)O. The predicted octanol–water partition coefficient (Wildman–Crippen LogP) is 1.88. The van der Waals surface area contributed by atoms with Crippen LogP contribution < -0.4 is 5.32 Å². The van der Waals surface area contributed by atoms with Crippen molar-refractivity contribution in [3.8, 4) is 11.8 Å². The summed E-state index contributed by atoms with van der Waals surface area (Å²) in [5.74, 6) is 4.96. The molecule has 0 unspecified atom stereocenters. The van der Waals surface area contributed by atoms with Gasteiger partial charge in [0.1, 0.15) is 0 Å². The standard InChI is InChI=1S/C12H21NO2/c1-6-7-8-9-13-12(4,5)11(2,3)10(14)15/h13H,8-9H2,1-5H3,(H,14,15). The molecular weight excluding hydrogens is 190 g/mol. The maximum absolute atomic E-state index is 11.1. The largest absolute Gasteiger partial charge is 0.481 e. The molecule has 2 N–H and O–H groups in total. The summed E-state index contributed by atoms with van der Waals surface area (Å²) in [4.78, 5) is 11.1. The van der Waals surface area contributed by atoms with Crippen LogP contribution in [0.25, 0.3) is 0 Å². The van der Waals surface area contributed by atoms with Gasteiger partial charge < -0.3 is 10.4 Å². The Kier molecular flexibility index (Phi) is 4.83. The second-order valence-corrected chi connectivity index (χ2v) is 4.66. The molecule has 0 aromatic rings. The molecule has 3 heteroatoms. The van der Waals surface area contributed by atoms with E-state index in [9.17, 15) is 4.79 Å². The Hall–Kier alpha value is -1.01. The van der Waals surface area contributed by atoms with Crippen molar-refractivity contribution in [2.45, 2.75) is 46.6 Å². The molecule has 0 amide bonds. The molecule has 0 aromatic carbocycles. The van der Waals surface area contributed by atoms with E-state index >= 15 is 0 Å². The van der Waals surface area contributed by atoms with Crippen LogP contribution in [-0.2, 0) is 4.79 Å². The molecule has 0 saturated heterocycles. The normalized spacial score (nSPS) is 11.8. The fourth-order valence-electron chi connectivity index (χ4n) is 1.05. The average molecular weight is 211 g/mol. The maximum atomic E-state index is 11.1. The van der Waals surface area contributed by atoms with Crippen LogP contribution in [0.15, 0.2) is 0 Å². The lowest BCUT2D eigenvalue weighted by Gasteiger charge is -2.39. The van der Waals surface area contributed by atoms with Gasteiger partial charge in [0.2, 0.25) is 0 Å². The van der Waals surface area contributed by atoms with Gasteiger partial charge in [0.25, 0.3) is 0 Å². The minimum atomic E-state index is -0.799. The number of nitrogens with one attached hydrogen (secondary N) is 1. The third-order valence-corrected chi connectivity index (χ3v) is 3.09. The van der Waals surface area contributed by atoms with Gasteiger partial charge in [-0.25, -0.2) is 0 Å². The second kappa shape index (κ2) is 5.18. The second-order valence-electron chi connectivity index (χ2n) is 4.66. The molecule has 15 heavy (non-hydrogen) atoms. The Balaban J connectivity index is 4.38. The number of aliphatic carboxylic acids is 1. The van der Waals surface area contributed by atoms with E-state index < -0.39 is 16.9 Å². The highest BCUT2D eigenvalue weighted by Gasteiger charge is 2.42. The van der Waals surface area contributed by atoms with Crippen molar-refractivity contribution in [2.24, 2.45) is 5.41 Å². The molecule has 0 fully saturated rings. The molecule has 0 aliphatic rings. The molecule has 0 spiro atoms. The first-order valence-electron chi connectivity index (χ1n) is 5.13. The molecule has 86 valence electrons. The number of carbonyl (C=O) groups is 1. The predicted molar refractivity (Wildman–Crippen MR) is 61.6 cm³/mol. The lowest BCUT2D eigenvalue weighted by molar-refractivity contribution is -0.151. The van der Waals surface area contributed by atoms with Crippen molar-refractivity contribution in [3.05, 3.63) is 0 Å². The van der Waals surface area contributed by atoms with E-state index in [2.05, 4.69) is 17.2 Å². The molecule has 0 rings (SSSR count). The topological polar surface area (TPSA) is 49.3 Å². The summed E-state index contributed by atoms with van der Waals surface area (Å²) in [5.41, 5.74) is -1.25. The number of rotatable bonds is 5. The molecule has 0 atom stereocenters. The van der Waals surface area contributed by atoms with Crippen molar-refractivity contribution in [3.63, 3.8) is 0 Å². The number of carboxylic acid groups (broad SMARTS) is 1. The fraction of sp³-hybridized carbons (Fsp3) is 0.750. The Morgan fingerprint density at radius 3 is 2.27 bits per heavy atom. The fourth-order valence-corrected chi connectivity index (χ4v) is 1.05. The monoisotopic (exact) mass is 211 g/mol. The third kappa shape index (κ3) is 3.56. The van der Waals surface area contributed by atoms with E-state index in [1.807, 2.05) is 13.8 Å². The summed E-state index contributed by atoms with van der Waals surface area (Å²) in [6.07, 6.45) is 0.746. The van der Waals surface area contributed by atoms with Crippen LogP contribution in [0, 0.1) is 17.3 Å². The molecule has 3 nitrogen and oxygen atoms in total. The lowest BCUT2D eigenvalue weighted by atomic mass is 9.74. The van der Waals surface area contributed by atoms with Gasteiger partial charge in [-0.2, -0.15) is 0 Å². The highest BCUT2D eigenvalue weighted by atomic mass is 16.4. The molecule has 0 bridgehead atoms. The first kappa shape index (κ1) is 14.0. The highest BCUT2D eigenvalue weighted by Crippen LogP contribution is 2.30. The third-order valence-electron chi connectivity index (χ3n) is 3.09. The van der Waals surface area contributed by atoms with Crippen LogP contribution in [0.1, 0.15) is 41.0 Å². The molecule has 0 heterocycles. The Labute approximate surface area is 92.3 Å². The Bertz CT molecular complexity index is 282. The molecule has 0 aromatic heterocycles. The minimum Gasteiger partial charge on any atom is -0.481 e. The number of hydrogen-bond donors (Lipinski definition) is 2. The van der Waals surface area contributed by atoms with Gasteiger partial charge in [0.05, 0.1) is 5.41 Å². The molecule has 0 radical (unpaired) electrons. The van der Waals surface area contributed by atoms with Gasteiger partial charge in [-0.1, -0.05) is 0 Å². The maximum Gasteiger partial charge on any atom is 0.310 e. The van der Waals surface area contributed by atoms with E-state index in [1.165, 1.54) is 0 Å². The highest BCUT2D eigenvalue weighted by molar-refractivity contribution is 5.75. The van der Waals surface area contributed by atoms with E-state index in [4.69, 9.17) is 5.11 Å². The van der Waals surface area contributed by atoms with Gasteiger partial charge in [-0.3, -0.25) is 4.79 Å². The first-order chi connectivity index (χ1) is 6.75. The average Bonchev–Trinajstić information content (AvgIpc) is 2.12. The van der Waals surface area contributed by atoms with Crippen LogP contribution in [0.5, 0.6) is 0 Å². The van der Waals surface area contributed by atoms with Crippen molar-refractivity contribution >= 4 is 5.97 Å². The van der Waals surface area contributed by atoms with E-state index in [-0.39, 0.29) is 0 Å². The van der Waals surface area contributed by atoms with Gasteiger partial charge in [-0.15, -0.1) is 11.8 Å². The van der Waals surface area contributed by atoms with Crippen LogP contribution in [0.3, 0.4) is 0 Å². The first-order valence-corrected chi connectivity index (χ1v) is 5.13. The van der Waals surface area contributed by atoms with Crippen LogP contribution in [0.2, 0.25) is 0 Å². The van der Waals surface area contributed by atoms with Crippen molar-refractivity contribution in [1.29, 1.82) is 0 Å². The van der Waals surface area contributed by atoms with Gasteiger partial charge in [-0.05, 0) is 34.6 Å². The van der Waals surface area contributed by atoms with Gasteiger partial charge in [0.15, 0.2) is 0 Å². The van der Waals surface area contributed by atoms with Crippen molar-refractivity contribution in [1.82, 2.24) is 5.32 Å². The Morgan fingerprint density at radius 1 is 1.33 bits per heavy atom. The zero-order valence-electron chi connectivity index (χ0n) is 10.3. The van der Waals surface area contributed by atoms with Crippen molar-refractivity contribution in [2.75, 3.05) is 6.54 Å². The molecular formula is C12H21NO2. The van der Waals surface area contributed by atoms with Crippen molar-refractivity contribution < 1.29 is 9.90 Å². The summed E-state index contributed by atoms with van der Waals surface area (Å²) >= 11 is 0. The summed E-state index contributed by atoms with van der Waals surface area (Å²) in [5, 5.41) is 12.3. The lowest BCUT2D eigenvalue weighted by Crippen LogP contribution is -2.55. The molecule has 0 saturated carbocycles. The summed E-state index contributed by atoms with van der Waals surface area (Å²) < 4.78 is 0. The number of carboxylic acids is 1. The molecule has 0 aliphatic heterocycles. The van der Waals surface area contributed by atoms with E-state index in [0.717, 1.165) is 6.42 Å². The number of hydrogen-bond acceptors (Lipinski definition) is 2. The zero-order chi connectivity index (χ0) is 12.1. The zero-order valence-corrected chi connectivity index (χ0v) is 10.3. The Morgan fingerprint density at radius 2 is 1.87 bits per heavy atom. The summed E-state index contributed by atoms with van der Waals surface area (Å²) in [7, 11) is 0. The van der Waals surface area contributed by atoms with Crippen LogP contribution in [-0.4, -0.2) is 23.2 Å². The van der Waals surface area contributed by atoms with E-state index in [0.29, 0.717) is 6.54 Å². The molecule has 0 aliphatic carbocycles. The van der Waals surface area contributed by atoms with Gasteiger partial charge >= 0.3 is 5.97 Å². The van der Waals surface area contributed by atoms with Crippen LogP contribution >= 0.6 is 0 Å². The summed E-state index contributed by atoms with van der Waals surface area (Å²) in [6.45, 7) is 9.78. The van der Waals surface area contributed by atoms with Crippen LogP contribution in [0.4, 0.5) is 0 Å². The van der Waals surface area contributed by atoms with Gasteiger partial charge in [0, 0.05) is 18.5 Å². The quantitative estimate of drug-likeness (QED) is 0.539. The minimum absolute atomic E-state index is 0.450. The summed E-state index contributed by atoms with van der Waals surface area (Å²) in [6, 6.07) is 0.